The Morgan fingerprint density at radius 3 is 2.78 bits per heavy atom. The molecule has 0 radical (unpaired) electrons. The standard InChI is InChI=1S/C21H25N3O2S/c1-15-7-9-17(10-8-15)25-12-11-24(2)14-20-22-23-21(26-20)19-13-16-5-3-4-6-18(16)27-19/h7-10,13H,3-6,11-12,14H2,1-2H3. The average molecular weight is 384 g/mol. The molecule has 1 aromatic carbocycles. The molecule has 4 rings (SSSR count). The van der Waals surface area contributed by atoms with Crippen LogP contribution in [0.5, 0.6) is 5.75 Å². The molecular formula is C21H25N3O2S. The predicted octanol–water partition coefficient (Wildman–Crippen LogP) is 4.50. The molecule has 0 N–H and O–H groups in total. The van der Waals surface area contributed by atoms with Crippen molar-refractivity contribution in [3.8, 4) is 16.5 Å². The van der Waals surface area contributed by atoms with Crippen molar-refractivity contribution >= 4 is 11.3 Å². The first-order chi connectivity index (χ1) is 13.2. The monoisotopic (exact) mass is 383 g/mol. The third-order valence-corrected chi connectivity index (χ3v) is 6.07. The van der Waals surface area contributed by atoms with E-state index in [0.717, 1.165) is 17.2 Å². The molecule has 27 heavy (non-hydrogen) atoms. The Bertz CT molecular complexity index is 862. The highest BCUT2D eigenvalue weighted by Crippen LogP contribution is 2.35. The van der Waals surface area contributed by atoms with E-state index in [1.54, 1.807) is 11.3 Å². The summed E-state index contributed by atoms with van der Waals surface area (Å²) in [5.41, 5.74) is 2.70. The molecule has 142 valence electrons. The summed E-state index contributed by atoms with van der Waals surface area (Å²) < 4.78 is 11.7. The van der Waals surface area contributed by atoms with Crippen LogP contribution in [0, 0.1) is 6.92 Å². The Balaban J connectivity index is 1.29. The Hall–Kier alpha value is -2.18. The van der Waals surface area contributed by atoms with E-state index in [9.17, 15) is 0 Å². The van der Waals surface area contributed by atoms with E-state index in [-0.39, 0.29) is 0 Å². The van der Waals surface area contributed by atoms with Gasteiger partial charge in [0.15, 0.2) is 0 Å². The fraction of sp³-hybridized carbons (Fsp3) is 0.429. The molecule has 5 nitrogen and oxygen atoms in total. The average Bonchev–Trinajstić information content (AvgIpc) is 3.30. The molecule has 6 heteroatoms. The molecule has 0 saturated heterocycles. The van der Waals surface area contributed by atoms with E-state index in [1.807, 2.05) is 19.2 Å². The van der Waals surface area contributed by atoms with Crippen LogP contribution in [0.25, 0.3) is 10.8 Å². The smallest absolute Gasteiger partial charge is 0.257 e. The SMILES string of the molecule is Cc1ccc(OCCN(C)Cc2nnc(-c3cc4c(s3)CCCC4)o2)cc1. The lowest BCUT2D eigenvalue weighted by atomic mass is 9.99. The van der Waals surface area contributed by atoms with Crippen molar-refractivity contribution in [3.05, 3.63) is 52.2 Å². The largest absolute Gasteiger partial charge is 0.492 e. The molecule has 0 amide bonds. The molecule has 3 aromatic rings. The molecule has 0 fully saturated rings. The van der Waals surface area contributed by atoms with Gasteiger partial charge >= 0.3 is 0 Å². The maximum Gasteiger partial charge on any atom is 0.257 e. The molecule has 0 unspecified atom stereocenters. The quantitative estimate of drug-likeness (QED) is 0.601. The lowest BCUT2D eigenvalue weighted by Crippen LogP contribution is -2.24. The van der Waals surface area contributed by atoms with Crippen LogP contribution in [0.2, 0.25) is 0 Å². The zero-order chi connectivity index (χ0) is 18.6. The zero-order valence-electron chi connectivity index (χ0n) is 15.9. The van der Waals surface area contributed by atoms with Crippen LogP contribution >= 0.6 is 11.3 Å². The Morgan fingerprint density at radius 1 is 1.15 bits per heavy atom. The summed E-state index contributed by atoms with van der Waals surface area (Å²) in [7, 11) is 2.03. The van der Waals surface area contributed by atoms with Crippen molar-refractivity contribution in [1.82, 2.24) is 15.1 Å². The Labute approximate surface area is 164 Å². The van der Waals surface area contributed by atoms with Gasteiger partial charge in [0.2, 0.25) is 5.89 Å². The van der Waals surface area contributed by atoms with Gasteiger partial charge in [-0.15, -0.1) is 21.5 Å². The van der Waals surface area contributed by atoms with Crippen molar-refractivity contribution in [2.75, 3.05) is 20.2 Å². The maximum atomic E-state index is 5.90. The number of rotatable bonds is 7. The third kappa shape index (κ3) is 4.57. The molecule has 0 saturated carbocycles. The van der Waals surface area contributed by atoms with Gasteiger partial charge in [0, 0.05) is 11.4 Å². The number of aryl methyl sites for hydroxylation is 3. The van der Waals surface area contributed by atoms with Gasteiger partial charge in [-0.1, -0.05) is 17.7 Å². The number of aromatic nitrogens is 2. The molecule has 0 bridgehead atoms. The number of nitrogens with zero attached hydrogens (tertiary/aromatic N) is 3. The number of benzene rings is 1. The van der Waals surface area contributed by atoms with Gasteiger partial charge in [-0.2, -0.15) is 0 Å². The second-order valence-corrected chi connectivity index (χ2v) is 8.30. The van der Waals surface area contributed by atoms with Gasteiger partial charge in [-0.25, -0.2) is 0 Å². The number of fused-ring (bicyclic) bond motifs is 1. The summed E-state index contributed by atoms with van der Waals surface area (Å²) in [6, 6.07) is 10.3. The molecule has 0 atom stereocenters. The molecule has 0 aliphatic heterocycles. The van der Waals surface area contributed by atoms with E-state index in [4.69, 9.17) is 9.15 Å². The van der Waals surface area contributed by atoms with Gasteiger partial charge in [0.1, 0.15) is 12.4 Å². The minimum atomic E-state index is 0.620. The van der Waals surface area contributed by atoms with Gasteiger partial charge in [0.25, 0.3) is 5.89 Å². The van der Waals surface area contributed by atoms with Gasteiger partial charge in [0.05, 0.1) is 11.4 Å². The van der Waals surface area contributed by atoms with E-state index >= 15 is 0 Å². The fourth-order valence-electron chi connectivity index (χ4n) is 3.28. The van der Waals surface area contributed by atoms with Crippen LogP contribution in [0.4, 0.5) is 0 Å². The normalized spacial score (nSPS) is 13.7. The highest BCUT2D eigenvalue weighted by molar-refractivity contribution is 7.15. The number of ether oxygens (including phenoxy) is 1. The lowest BCUT2D eigenvalue weighted by molar-refractivity contribution is 0.220. The predicted molar refractivity (Wildman–Crippen MR) is 107 cm³/mol. The first-order valence-corrected chi connectivity index (χ1v) is 10.3. The fourth-order valence-corrected chi connectivity index (χ4v) is 4.45. The van der Waals surface area contributed by atoms with Crippen molar-refractivity contribution in [1.29, 1.82) is 0 Å². The third-order valence-electron chi connectivity index (χ3n) is 4.84. The molecular weight excluding hydrogens is 358 g/mol. The van der Waals surface area contributed by atoms with Gasteiger partial charge in [-0.3, -0.25) is 4.90 Å². The second kappa shape index (κ2) is 8.23. The maximum absolute atomic E-state index is 5.90. The highest BCUT2D eigenvalue weighted by Gasteiger charge is 2.18. The highest BCUT2D eigenvalue weighted by atomic mass is 32.1. The molecule has 1 aliphatic rings. The molecule has 2 heterocycles. The van der Waals surface area contributed by atoms with E-state index < -0.39 is 0 Å². The number of thiophene rings is 1. The van der Waals surface area contributed by atoms with Crippen molar-refractivity contribution in [2.45, 2.75) is 39.2 Å². The number of likely N-dealkylation sites (N-methyl/N-ethyl adjacent to an activating group) is 1. The van der Waals surface area contributed by atoms with Gasteiger partial charge < -0.3 is 9.15 Å². The zero-order valence-corrected chi connectivity index (χ0v) is 16.7. The molecule has 1 aliphatic carbocycles. The summed E-state index contributed by atoms with van der Waals surface area (Å²) in [5.74, 6) is 2.19. The lowest BCUT2D eigenvalue weighted by Gasteiger charge is -2.14. The minimum Gasteiger partial charge on any atom is -0.492 e. The summed E-state index contributed by atoms with van der Waals surface area (Å²) in [6.07, 6.45) is 4.94. The summed E-state index contributed by atoms with van der Waals surface area (Å²) >= 11 is 1.80. The Morgan fingerprint density at radius 2 is 1.96 bits per heavy atom. The van der Waals surface area contributed by atoms with Crippen LogP contribution < -0.4 is 4.74 Å². The molecule has 0 spiro atoms. The van der Waals surface area contributed by atoms with Gasteiger partial charge in [-0.05, 0) is 63.4 Å². The van der Waals surface area contributed by atoms with E-state index in [0.29, 0.717) is 24.9 Å². The van der Waals surface area contributed by atoms with Crippen molar-refractivity contribution in [3.63, 3.8) is 0 Å². The summed E-state index contributed by atoms with van der Waals surface area (Å²) in [4.78, 5) is 4.72. The van der Waals surface area contributed by atoms with Crippen LogP contribution in [0.15, 0.2) is 34.7 Å². The minimum absolute atomic E-state index is 0.620. The molecule has 2 aromatic heterocycles. The van der Waals surface area contributed by atoms with E-state index in [2.05, 4.69) is 40.2 Å². The van der Waals surface area contributed by atoms with Crippen LogP contribution in [0.1, 0.15) is 34.7 Å². The van der Waals surface area contributed by atoms with Crippen molar-refractivity contribution in [2.24, 2.45) is 0 Å². The van der Waals surface area contributed by atoms with Crippen LogP contribution in [0.3, 0.4) is 0 Å². The number of hydrogen-bond acceptors (Lipinski definition) is 6. The second-order valence-electron chi connectivity index (χ2n) is 7.17. The summed E-state index contributed by atoms with van der Waals surface area (Å²) in [6.45, 7) is 4.11. The van der Waals surface area contributed by atoms with Crippen LogP contribution in [-0.4, -0.2) is 35.3 Å². The first kappa shape index (κ1) is 18.2. The number of hydrogen-bond donors (Lipinski definition) is 0. The summed E-state index contributed by atoms with van der Waals surface area (Å²) in [5, 5.41) is 8.48. The Kier molecular flexibility index (Phi) is 5.55. The van der Waals surface area contributed by atoms with E-state index in [1.165, 1.54) is 41.7 Å². The topological polar surface area (TPSA) is 51.4 Å². The van der Waals surface area contributed by atoms with Crippen molar-refractivity contribution < 1.29 is 9.15 Å². The van der Waals surface area contributed by atoms with Crippen LogP contribution in [-0.2, 0) is 19.4 Å². The first-order valence-electron chi connectivity index (χ1n) is 9.50.